The maximum absolute atomic E-state index is 12.6. The molecule has 28 heavy (non-hydrogen) atoms. The molecule has 3 aromatic carbocycles. The summed E-state index contributed by atoms with van der Waals surface area (Å²) in [6.07, 6.45) is 0. The highest BCUT2D eigenvalue weighted by molar-refractivity contribution is 5.95. The van der Waals surface area contributed by atoms with Gasteiger partial charge in [0.25, 0.3) is 0 Å². The Kier molecular flexibility index (Phi) is 5.93. The van der Waals surface area contributed by atoms with Crippen LogP contribution < -0.4 is 0 Å². The van der Waals surface area contributed by atoms with Crippen molar-refractivity contribution in [3.05, 3.63) is 113 Å². The number of esters is 1. The van der Waals surface area contributed by atoms with Gasteiger partial charge in [0.1, 0.15) is 0 Å². The first-order valence-corrected chi connectivity index (χ1v) is 9.30. The van der Waals surface area contributed by atoms with Gasteiger partial charge in [0.15, 0.2) is 0 Å². The molecule has 140 valence electrons. The van der Waals surface area contributed by atoms with Crippen molar-refractivity contribution in [3.8, 4) is 0 Å². The smallest absolute Gasteiger partial charge is 0.316 e. The number of benzene rings is 3. The fourth-order valence-electron chi connectivity index (χ4n) is 3.20. The molecule has 0 amide bonds. The minimum absolute atomic E-state index is 0.292. The molecular formula is C26H24O2. The van der Waals surface area contributed by atoms with Gasteiger partial charge in [-0.1, -0.05) is 91.0 Å². The molecule has 0 radical (unpaired) electrons. The molecule has 0 aliphatic carbocycles. The van der Waals surface area contributed by atoms with E-state index in [9.17, 15) is 4.79 Å². The standard InChI is InChI=1S/C26H24O2/c1-26(2,25(27)28-3)24(22-17-11-6-12-18-22)19-23(20-13-7-4-8-14-20)21-15-9-5-10-16-21/h4-18H,1-3H3. The van der Waals surface area contributed by atoms with Gasteiger partial charge < -0.3 is 4.74 Å². The first-order valence-electron chi connectivity index (χ1n) is 9.30. The van der Waals surface area contributed by atoms with Crippen molar-refractivity contribution in [2.45, 2.75) is 13.8 Å². The molecule has 2 nitrogen and oxygen atoms in total. The second-order valence-corrected chi connectivity index (χ2v) is 7.09. The van der Waals surface area contributed by atoms with Crippen LogP contribution in [0.3, 0.4) is 0 Å². The molecule has 3 rings (SSSR count). The number of hydrogen-bond donors (Lipinski definition) is 0. The zero-order valence-corrected chi connectivity index (χ0v) is 16.5. The molecule has 0 fully saturated rings. The number of carbonyl (C=O) groups is 1. The fraction of sp³-hybridized carbons (Fsp3) is 0.154. The van der Waals surface area contributed by atoms with Crippen LogP contribution in [-0.2, 0) is 9.53 Å². The number of methoxy groups -OCH3 is 1. The molecule has 2 heteroatoms. The average Bonchev–Trinajstić information content (AvgIpc) is 2.75. The summed E-state index contributed by atoms with van der Waals surface area (Å²) in [5.74, 6) is -0.292. The van der Waals surface area contributed by atoms with Crippen LogP contribution in [-0.4, -0.2) is 13.1 Å². The molecular weight excluding hydrogens is 344 g/mol. The van der Waals surface area contributed by atoms with Crippen molar-refractivity contribution in [1.82, 2.24) is 0 Å². The minimum Gasteiger partial charge on any atom is -0.468 e. The third kappa shape index (κ3) is 4.14. The highest BCUT2D eigenvalue weighted by Gasteiger charge is 2.34. The molecule has 0 bridgehead atoms. The maximum atomic E-state index is 12.6. The Morgan fingerprint density at radius 1 is 0.714 bits per heavy atom. The lowest BCUT2D eigenvalue weighted by atomic mass is 9.79. The van der Waals surface area contributed by atoms with Crippen LogP contribution in [0.25, 0.3) is 11.1 Å². The van der Waals surface area contributed by atoms with E-state index in [2.05, 4.69) is 30.0 Å². The van der Waals surface area contributed by atoms with Crippen LogP contribution in [0.1, 0.15) is 30.5 Å². The van der Waals surface area contributed by atoms with Gasteiger partial charge in [-0.05, 0) is 30.5 Å². The van der Waals surface area contributed by atoms with Gasteiger partial charge in [-0.2, -0.15) is 0 Å². The third-order valence-corrected chi connectivity index (χ3v) is 4.76. The average molecular weight is 368 g/mol. The van der Waals surface area contributed by atoms with Crippen molar-refractivity contribution in [1.29, 1.82) is 0 Å². The van der Waals surface area contributed by atoms with E-state index >= 15 is 0 Å². The quantitative estimate of drug-likeness (QED) is 0.408. The van der Waals surface area contributed by atoms with Gasteiger partial charge >= 0.3 is 5.97 Å². The fourth-order valence-corrected chi connectivity index (χ4v) is 3.20. The molecule has 0 aromatic heterocycles. The SMILES string of the molecule is COC(=O)C(C)(C)C(=C=C(c1ccccc1)c1ccccc1)c1ccccc1. The van der Waals surface area contributed by atoms with E-state index in [0.29, 0.717) is 0 Å². The van der Waals surface area contributed by atoms with Crippen molar-refractivity contribution in [3.63, 3.8) is 0 Å². The predicted octanol–water partition coefficient (Wildman–Crippen LogP) is 6.00. The van der Waals surface area contributed by atoms with Crippen LogP contribution >= 0.6 is 0 Å². The van der Waals surface area contributed by atoms with Gasteiger partial charge in [-0.25, -0.2) is 0 Å². The molecule has 0 aliphatic rings. The normalized spacial score (nSPS) is 10.7. The summed E-state index contributed by atoms with van der Waals surface area (Å²) < 4.78 is 5.10. The Labute approximate surface area is 166 Å². The van der Waals surface area contributed by atoms with Crippen LogP contribution in [0.2, 0.25) is 0 Å². The summed E-state index contributed by atoms with van der Waals surface area (Å²) >= 11 is 0. The van der Waals surface area contributed by atoms with Gasteiger partial charge in [-0.3, -0.25) is 4.79 Å². The summed E-state index contributed by atoms with van der Waals surface area (Å²) in [5, 5.41) is 0. The summed E-state index contributed by atoms with van der Waals surface area (Å²) in [6, 6.07) is 30.1. The van der Waals surface area contributed by atoms with E-state index < -0.39 is 5.41 Å². The molecule has 0 saturated carbocycles. The monoisotopic (exact) mass is 368 g/mol. The molecule has 0 N–H and O–H groups in total. The number of carbonyl (C=O) groups excluding carboxylic acids is 1. The van der Waals surface area contributed by atoms with Gasteiger partial charge in [0.2, 0.25) is 0 Å². The van der Waals surface area contributed by atoms with E-state index in [-0.39, 0.29) is 5.97 Å². The van der Waals surface area contributed by atoms with E-state index in [4.69, 9.17) is 4.74 Å². The van der Waals surface area contributed by atoms with Crippen LogP contribution in [0.15, 0.2) is 96.7 Å². The first kappa shape index (κ1) is 19.4. The Morgan fingerprint density at radius 3 is 1.50 bits per heavy atom. The van der Waals surface area contributed by atoms with Gasteiger partial charge in [0, 0.05) is 11.1 Å². The lowest BCUT2D eigenvalue weighted by molar-refractivity contribution is -0.147. The lowest BCUT2D eigenvalue weighted by Crippen LogP contribution is -2.27. The third-order valence-electron chi connectivity index (χ3n) is 4.76. The van der Waals surface area contributed by atoms with E-state index in [1.807, 2.05) is 80.6 Å². The number of rotatable bonds is 5. The highest BCUT2D eigenvalue weighted by Crippen LogP contribution is 2.37. The van der Waals surface area contributed by atoms with Crippen LogP contribution in [0.5, 0.6) is 0 Å². The predicted molar refractivity (Wildman–Crippen MR) is 115 cm³/mol. The largest absolute Gasteiger partial charge is 0.468 e. The van der Waals surface area contributed by atoms with Crippen LogP contribution in [0, 0.1) is 5.41 Å². The molecule has 0 spiro atoms. The van der Waals surface area contributed by atoms with Crippen molar-refractivity contribution >= 4 is 17.1 Å². The highest BCUT2D eigenvalue weighted by atomic mass is 16.5. The Hall–Kier alpha value is -3.35. The summed E-state index contributed by atoms with van der Waals surface area (Å²) in [4.78, 5) is 12.6. The number of ether oxygens (including phenoxy) is 1. The molecule has 0 aliphatic heterocycles. The van der Waals surface area contributed by atoms with Crippen molar-refractivity contribution in [2.75, 3.05) is 7.11 Å². The lowest BCUT2D eigenvalue weighted by Gasteiger charge is -2.24. The van der Waals surface area contributed by atoms with E-state index in [1.165, 1.54) is 7.11 Å². The number of hydrogen-bond acceptors (Lipinski definition) is 2. The molecule has 0 saturated heterocycles. The molecule has 0 atom stereocenters. The Bertz CT molecular complexity index is 953. The topological polar surface area (TPSA) is 26.3 Å². The van der Waals surface area contributed by atoms with Gasteiger partial charge in [0.05, 0.1) is 12.5 Å². The zero-order valence-electron chi connectivity index (χ0n) is 16.5. The van der Waals surface area contributed by atoms with E-state index in [1.54, 1.807) is 0 Å². The second-order valence-electron chi connectivity index (χ2n) is 7.09. The Balaban J connectivity index is 2.38. The van der Waals surface area contributed by atoms with Crippen molar-refractivity contribution in [2.24, 2.45) is 5.41 Å². The summed E-state index contributed by atoms with van der Waals surface area (Å²) in [7, 11) is 1.42. The maximum Gasteiger partial charge on any atom is 0.316 e. The van der Waals surface area contributed by atoms with Gasteiger partial charge in [-0.15, -0.1) is 5.73 Å². The second kappa shape index (κ2) is 8.56. The Morgan fingerprint density at radius 2 is 1.11 bits per heavy atom. The minimum atomic E-state index is -0.856. The van der Waals surface area contributed by atoms with E-state index in [0.717, 1.165) is 27.8 Å². The first-order chi connectivity index (χ1) is 13.5. The molecule has 0 heterocycles. The molecule has 0 unspecified atom stereocenters. The summed E-state index contributed by atoms with van der Waals surface area (Å²) in [6.45, 7) is 3.75. The molecule has 3 aromatic rings. The van der Waals surface area contributed by atoms with Crippen LogP contribution in [0.4, 0.5) is 0 Å². The zero-order chi connectivity index (χ0) is 20.0. The summed E-state index contributed by atoms with van der Waals surface area (Å²) in [5.41, 5.74) is 7.51. The van der Waals surface area contributed by atoms with Crippen molar-refractivity contribution < 1.29 is 9.53 Å².